The van der Waals surface area contributed by atoms with Gasteiger partial charge in [0.2, 0.25) is 11.7 Å². The third kappa shape index (κ3) is 2.50. The summed E-state index contributed by atoms with van der Waals surface area (Å²) in [4.78, 5) is 4.21. The van der Waals surface area contributed by atoms with Gasteiger partial charge in [0.05, 0.1) is 18.6 Å². The summed E-state index contributed by atoms with van der Waals surface area (Å²) in [6.45, 7) is 0.883. The van der Waals surface area contributed by atoms with Crippen molar-refractivity contribution in [1.29, 1.82) is 0 Å². The average Bonchev–Trinajstić information content (AvgIpc) is 2.89. The van der Waals surface area contributed by atoms with Gasteiger partial charge >= 0.3 is 0 Å². The molecule has 0 spiro atoms. The van der Waals surface area contributed by atoms with Gasteiger partial charge in [-0.3, -0.25) is 0 Å². The molecule has 0 saturated carbocycles. The maximum Gasteiger partial charge on any atom is 0.235 e. The fourth-order valence-electron chi connectivity index (χ4n) is 2.09. The zero-order chi connectivity index (χ0) is 13.2. The van der Waals surface area contributed by atoms with Gasteiger partial charge in [0.15, 0.2) is 0 Å². The Balaban J connectivity index is 1.86. The van der Waals surface area contributed by atoms with Gasteiger partial charge in [-0.25, -0.2) is 4.39 Å². The van der Waals surface area contributed by atoms with Crippen LogP contribution in [0, 0.1) is 5.82 Å². The second-order valence-corrected chi connectivity index (χ2v) is 4.50. The van der Waals surface area contributed by atoms with E-state index in [9.17, 15) is 9.50 Å². The van der Waals surface area contributed by atoms with Gasteiger partial charge in [0.1, 0.15) is 5.82 Å². The minimum Gasteiger partial charge on any atom is -0.392 e. The van der Waals surface area contributed by atoms with E-state index in [1.54, 1.807) is 12.1 Å². The number of hydrogen-bond acceptors (Lipinski definition) is 5. The fraction of sp³-hybridized carbons (Fsp3) is 0.385. The molecule has 1 aliphatic heterocycles. The lowest BCUT2D eigenvalue weighted by atomic mass is 9.99. The Bertz CT molecular complexity index is 573. The Labute approximate surface area is 109 Å². The largest absolute Gasteiger partial charge is 0.392 e. The van der Waals surface area contributed by atoms with Crippen molar-refractivity contribution in [2.45, 2.75) is 18.4 Å². The van der Waals surface area contributed by atoms with Crippen molar-refractivity contribution in [2.24, 2.45) is 0 Å². The molecule has 1 aromatic carbocycles. The number of benzene rings is 1. The second kappa shape index (κ2) is 5.07. The predicted octanol–water partition coefficient (Wildman–Crippen LogP) is 1.74. The number of nitrogens with zero attached hydrogens (tertiary/aromatic N) is 2. The van der Waals surface area contributed by atoms with E-state index in [1.165, 1.54) is 12.1 Å². The molecule has 1 N–H and O–H groups in total. The van der Waals surface area contributed by atoms with Gasteiger partial charge in [-0.05, 0) is 18.6 Å². The van der Waals surface area contributed by atoms with Gasteiger partial charge < -0.3 is 14.4 Å². The van der Waals surface area contributed by atoms with Crippen molar-refractivity contribution in [2.75, 3.05) is 13.2 Å². The molecule has 5 nitrogen and oxygen atoms in total. The highest BCUT2D eigenvalue weighted by Crippen LogP contribution is 2.26. The molecule has 19 heavy (non-hydrogen) atoms. The lowest BCUT2D eigenvalue weighted by Crippen LogP contribution is -2.30. The number of rotatable bonds is 2. The van der Waals surface area contributed by atoms with Gasteiger partial charge in [-0.15, -0.1) is 0 Å². The van der Waals surface area contributed by atoms with Crippen LogP contribution in [0.2, 0.25) is 0 Å². The van der Waals surface area contributed by atoms with Gasteiger partial charge in [-0.2, -0.15) is 4.98 Å². The average molecular weight is 264 g/mol. The van der Waals surface area contributed by atoms with Gasteiger partial charge in [0.25, 0.3) is 0 Å². The van der Waals surface area contributed by atoms with Crippen LogP contribution in [-0.2, 0) is 4.74 Å². The molecule has 0 amide bonds. The molecule has 6 heteroatoms. The first-order valence-electron chi connectivity index (χ1n) is 6.09. The number of halogens is 1. The highest BCUT2D eigenvalue weighted by Gasteiger charge is 2.30. The molecule has 3 rings (SSSR count). The quantitative estimate of drug-likeness (QED) is 0.894. The maximum atomic E-state index is 13.1. The SMILES string of the molecule is OC1CCOCC1c1nc(-c2cccc(F)c2)no1. The lowest BCUT2D eigenvalue weighted by molar-refractivity contribution is -0.0149. The van der Waals surface area contributed by atoms with Crippen molar-refractivity contribution in [3.8, 4) is 11.4 Å². The normalized spacial score (nSPS) is 23.5. The molecule has 1 fully saturated rings. The van der Waals surface area contributed by atoms with Crippen molar-refractivity contribution in [1.82, 2.24) is 10.1 Å². The molecular formula is C13H13FN2O3. The third-order valence-corrected chi connectivity index (χ3v) is 3.16. The van der Waals surface area contributed by atoms with E-state index in [1.807, 2.05) is 0 Å². The van der Waals surface area contributed by atoms with Crippen LogP contribution in [0.1, 0.15) is 18.2 Å². The van der Waals surface area contributed by atoms with Gasteiger partial charge in [-0.1, -0.05) is 17.3 Å². The topological polar surface area (TPSA) is 68.4 Å². The Morgan fingerprint density at radius 1 is 1.37 bits per heavy atom. The van der Waals surface area contributed by atoms with E-state index in [0.29, 0.717) is 36.9 Å². The monoisotopic (exact) mass is 264 g/mol. The number of ether oxygens (including phenoxy) is 1. The lowest BCUT2D eigenvalue weighted by Gasteiger charge is -2.24. The van der Waals surface area contributed by atoms with Crippen LogP contribution in [0.15, 0.2) is 28.8 Å². The van der Waals surface area contributed by atoms with Crippen LogP contribution in [0.25, 0.3) is 11.4 Å². The first kappa shape index (κ1) is 12.3. The number of aliphatic hydroxyl groups is 1. The van der Waals surface area contributed by atoms with Crippen LogP contribution in [0.3, 0.4) is 0 Å². The van der Waals surface area contributed by atoms with Gasteiger partial charge in [0, 0.05) is 12.2 Å². The zero-order valence-electron chi connectivity index (χ0n) is 10.1. The molecule has 0 radical (unpaired) electrons. The molecule has 2 unspecified atom stereocenters. The molecule has 2 heterocycles. The molecule has 1 aliphatic rings. The third-order valence-electron chi connectivity index (χ3n) is 3.16. The minimum absolute atomic E-state index is 0.312. The maximum absolute atomic E-state index is 13.1. The summed E-state index contributed by atoms with van der Waals surface area (Å²) < 4.78 is 23.6. The molecule has 0 bridgehead atoms. The van der Waals surface area contributed by atoms with Crippen molar-refractivity contribution in [3.63, 3.8) is 0 Å². The fourth-order valence-corrected chi connectivity index (χ4v) is 2.09. The van der Waals surface area contributed by atoms with E-state index >= 15 is 0 Å². The summed E-state index contributed by atoms with van der Waals surface area (Å²) in [5, 5.41) is 13.7. The predicted molar refractivity (Wildman–Crippen MR) is 63.9 cm³/mol. The van der Waals surface area contributed by atoms with Crippen LogP contribution in [-0.4, -0.2) is 34.6 Å². The Hall–Kier alpha value is -1.79. The molecule has 2 aromatic rings. The highest BCUT2D eigenvalue weighted by atomic mass is 19.1. The second-order valence-electron chi connectivity index (χ2n) is 4.50. The summed E-state index contributed by atoms with van der Waals surface area (Å²) in [5.74, 6) is -0.0350. The Morgan fingerprint density at radius 2 is 2.26 bits per heavy atom. The smallest absolute Gasteiger partial charge is 0.235 e. The number of aromatic nitrogens is 2. The van der Waals surface area contributed by atoms with Crippen LogP contribution in [0.5, 0.6) is 0 Å². The standard InChI is InChI=1S/C13H13FN2O3/c14-9-3-1-2-8(6-9)12-15-13(19-16-12)10-7-18-5-4-11(10)17/h1-3,6,10-11,17H,4-5,7H2. The van der Waals surface area contributed by atoms with E-state index in [4.69, 9.17) is 9.26 Å². The van der Waals surface area contributed by atoms with E-state index in [-0.39, 0.29) is 11.7 Å². The summed E-state index contributed by atoms with van der Waals surface area (Å²) in [6, 6.07) is 5.97. The van der Waals surface area contributed by atoms with Crippen molar-refractivity contribution >= 4 is 0 Å². The summed E-state index contributed by atoms with van der Waals surface area (Å²) in [6.07, 6.45) is -0.00271. The van der Waals surface area contributed by atoms with Crippen LogP contribution >= 0.6 is 0 Å². The number of hydrogen-bond donors (Lipinski definition) is 1. The first-order chi connectivity index (χ1) is 9.24. The molecule has 2 atom stereocenters. The minimum atomic E-state index is -0.547. The Morgan fingerprint density at radius 3 is 3.05 bits per heavy atom. The molecule has 100 valence electrons. The summed E-state index contributed by atoms with van der Waals surface area (Å²) >= 11 is 0. The van der Waals surface area contributed by atoms with E-state index in [2.05, 4.69) is 10.1 Å². The van der Waals surface area contributed by atoms with Crippen LogP contribution < -0.4 is 0 Å². The molecule has 0 aliphatic carbocycles. The van der Waals surface area contributed by atoms with E-state index in [0.717, 1.165) is 0 Å². The molecule has 1 aromatic heterocycles. The number of aliphatic hydroxyl groups excluding tert-OH is 1. The Kier molecular flexibility index (Phi) is 3.27. The molecule has 1 saturated heterocycles. The van der Waals surface area contributed by atoms with Crippen LogP contribution in [0.4, 0.5) is 4.39 Å². The summed E-state index contributed by atoms with van der Waals surface area (Å²) in [5.41, 5.74) is 0.543. The van der Waals surface area contributed by atoms with Crippen molar-refractivity contribution < 1.29 is 18.8 Å². The van der Waals surface area contributed by atoms with Crippen molar-refractivity contribution in [3.05, 3.63) is 36.0 Å². The van der Waals surface area contributed by atoms with E-state index < -0.39 is 6.10 Å². The summed E-state index contributed by atoms with van der Waals surface area (Å²) in [7, 11) is 0. The highest BCUT2D eigenvalue weighted by molar-refractivity contribution is 5.53. The first-order valence-corrected chi connectivity index (χ1v) is 6.09. The zero-order valence-corrected chi connectivity index (χ0v) is 10.1. The molecular weight excluding hydrogens is 251 g/mol.